The zero-order valence-corrected chi connectivity index (χ0v) is 43.2. The predicted molar refractivity (Wildman–Crippen MR) is 270 cm³/mol. The number of amides is 2. The topological polar surface area (TPSA) is 241 Å². The Morgan fingerprint density at radius 1 is 0.485 bits per heavy atom. The number of ketones is 2. The van der Waals surface area contributed by atoms with E-state index in [4.69, 9.17) is 24.1 Å². The van der Waals surface area contributed by atoms with E-state index in [0.717, 1.165) is 44.9 Å². The lowest BCUT2D eigenvalue weighted by Gasteiger charge is -2.27. The van der Waals surface area contributed by atoms with Crippen LogP contribution in [0.25, 0.3) is 0 Å². The van der Waals surface area contributed by atoms with Crippen molar-refractivity contribution in [3.63, 3.8) is 0 Å². The summed E-state index contributed by atoms with van der Waals surface area (Å²) in [6, 6.07) is 0. The molecule has 382 valence electrons. The van der Waals surface area contributed by atoms with E-state index in [1.165, 1.54) is 38.5 Å². The number of carbonyl (C=O) groups excluding carboxylic acids is 4. The molecule has 66 heavy (non-hydrogen) atoms. The van der Waals surface area contributed by atoms with E-state index in [1.807, 2.05) is 21.6 Å². The second-order valence-electron chi connectivity index (χ2n) is 16.3. The fourth-order valence-corrected chi connectivity index (χ4v) is 20.6. The Kier molecular flexibility index (Phi) is 36.2. The molecule has 2 heterocycles. The van der Waals surface area contributed by atoms with Crippen LogP contribution in [0, 0.1) is 11.8 Å². The van der Waals surface area contributed by atoms with Gasteiger partial charge in [-0.15, -0.1) is 0 Å². The molecule has 0 aromatic rings. The third-order valence-corrected chi connectivity index (χ3v) is 24.4. The Balaban J connectivity index is 0.0000224. The third kappa shape index (κ3) is 33.2. The maximum atomic E-state index is 12.4. The zero-order chi connectivity index (χ0) is 48.1. The minimum atomic E-state index is -1.07. The highest BCUT2D eigenvalue weighted by Crippen LogP contribution is 2.84. The smallest absolute Gasteiger partial charge is 0.308 e. The summed E-state index contributed by atoms with van der Waals surface area (Å²) in [5, 5.41) is 33.4. The number of carboxylic acids is 3. The molecule has 2 saturated heterocycles. The lowest BCUT2D eigenvalue weighted by atomic mass is 9.94. The molecule has 2 amide bonds. The van der Waals surface area contributed by atoms with Crippen LogP contribution in [0.2, 0.25) is 0 Å². The highest BCUT2D eigenvalue weighted by Gasteiger charge is 2.53. The molecule has 0 aromatic heterocycles. The molecule has 0 saturated carbocycles. The van der Waals surface area contributed by atoms with Gasteiger partial charge in [-0.05, 0) is 60.1 Å². The van der Waals surface area contributed by atoms with Crippen molar-refractivity contribution in [2.75, 3.05) is 65.9 Å². The molecule has 0 bridgehead atoms. The van der Waals surface area contributed by atoms with Gasteiger partial charge < -0.3 is 44.9 Å². The van der Waals surface area contributed by atoms with Gasteiger partial charge in [0.05, 0.1) is 49.5 Å². The lowest BCUT2D eigenvalue weighted by Crippen LogP contribution is -2.29. The Morgan fingerprint density at radius 3 is 1.59 bits per heavy atom. The fraction of sp³-hybridized carbons (Fsp3) is 0.841. The quantitative estimate of drug-likeness (QED) is 0.0217. The van der Waals surface area contributed by atoms with Crippen molar-refractivity contribution >= 4 is 106 Å². The molecule has 0 unspecified atom stereocenters. The summed E-state index contributed by atoms with van der Waals surface area (Å²) in [6.45, 7) is 2.10. The van der Waals surface area contributed by atoms with Crippen LogP contribution in [0.1, 0.15) is 149 Å². The summed E-state index contributed by atoms with van der Waals surface area (Å²) in [5.74, 6) is -4.58. The van der Waals surface area contributed by atoms with Crippen molar-refractivity contribution < 1.29 is 69.3 Å². The van der Waals surface area contributed by atoms with Crippen LogP contribution < -0.4 is 10.6 Å². The van der Waals surface area contributed by atoms with Crippen molar-refractivity contribution in [1.29, 1.82) is 0 Å². The molecular weight excluding hydrogens is 973 g/mol. The first-order valence-electron chi connectivity index (χ1n) is 23.5. The molecular formula is C44H76N2O14S6. The molecule has 2 atom stereocenters. The molecule has 2 aliphatic heterocycles. The van der Waals surface area contributed by atoms with Gasteiger partial charge in [-0.3, -0.25) is 33.6 Å². The van der Waals surface area contributed by atoms with E-state index in [9.17, 15) is 43.8 Å². The average molecular weight is 1050 g/mol. The summed E-state index contributed by atoms with van der Waals surface area (Å²) < 4.78 is 21.8. The van der Waals surface area contributed by atoms with E-state index in [1.54, 1.807) is 43.2 Å². The van der Waals surface area contributed by atoms with Crippen molar-refractivity contribution in [1.82, 2.24) is 10.6 Å². The highest BCUT2D eigenvalue weighted by atomic mass is 33.2. The van der Waals surface area contributed by atoms with Crippen molar-refractivity contribution in [3.05, 3.63) is 0 Å². The maximum Gasteiger partial charge on any atom is 0.308 e. The summed E-state index contributed by atoms with van der Waals surface area (Å²) in [4.78, 5) is 82.9. The predicted octanol–water partition coefficient (Wildman–Crippen LogP) is 9.24. The Bertz CT molecular complexity index is 1410. The number of Topliss-reactive ketones (excluding diaryl/α,β-unsaturated/α-hetero) is 2. The van der Waals surface area contributed by atoms with Gasteiger partial charge in [-0.1, -0.05) is 120 Å². The molecule has 5 N–H and O–H groups in total. The fourth-order valence-electron chi connectivity index (χ4n) is 6.73. The van der Waals surface area contributed by atoms with Crippen LogP contribution in [-0.4, -0.2) is 130 Å². The SMILES string of the molecule is O=C(O)CCCCCCCCCCCCCCCC(=O)C[C@@H](CCC(=O)NCCOCCOCC(=O)CCCOCCOCC(=O)NCCCC[C@@H](C(=O)O)C1SSC2(SS1)SS2)C(=O)O.[HH]. The summed E-state index contributed by atoms with van der Waals surface area (Å²) >= 11 is 0. The monoisotopic (exact) mass is 1050 g/mol. The zero-order valence-electron chi connectivity index (χ0n) is 38.3. The van der Waals surface area contributed by atoms with Gasteiger partial charge in [0.15, 0.2) is 8.53 Å². The third-order valence-electron chi connectivity index (χ3n) is 10.6. The first-order chi connectivity index (χ1) is 31.9. The van der Waals surface area contributed by atoms with Gasteiger partial charge in [0.25, 0.3) is 0 Å². The molecule has 2 fully saturated rings. The average Bonchev–Trinajstić information content (AvgIpc) is 4.04. The van der Waals surface area contributed by atoms with Gasteiger partial charge >= 0.3 is 17.9 Å². The van der Waals surface area contributed by atoms with Gasteiger partial charge in [0.1, 0.15) is 19.0 Å². The van der Waals surface area contributed by atoms with Crippen molar-refractivity contribution in [2.45, 2.75) is 155 Å². The van der Waals surface area contributed by atoms with Crippen LogP contribution in [0.5, 0.6) is 0 Å². The van der Waals surface area contributed by atoms with E-state index in [-0.39, 0.29) is 111 Å². The second-order valence-corrected chi connectivity index (χ2v) is 25.8. The van der Waals surface area contributed by atoms with Crippen LogP contribution in [0.4, 0.5) is 0 Å². The summed E-state index contributed by atoms with van der Waals surface area (Å²) in [5.41, 5.74) is 0. The largest absolute Gasteiger partial charge is 0.481 e. The Morgan fingerprint density at radius 2 is 1.02 bits per heavy atom. The van der Waals surface area contributed by atoms with Gasteiger partial charge in [0, 0.05) is 53.2 Å². The second kappa shape index (κ2) is 39.4. The molecule has 16 nitrogen and oxygen atoms in total. The summed E-state index contributed by atoms with van der Waals surface area (Å²) in [7, 11) is 10.5. The molecule has 22 heteroatoms. The minimum absolute atomic E-state index is 0. The normalized spacial score (nSPS) is 15.3. The molecule has 2 rings (SSSR count). The number of aliphatic carboxylic acids is 3. The van der Waals surface area contributed by atoms with Crippen molar-refractivity contribution in [3.8, 4) is 0 Å². The highest BCUT2D eigenvalue weighted by molar-refractivity contribution is 9.14. The van der Waals surface area contributed by atoms with Gasteiger partial charge in [-0.2, -0.15) is 0 Å². The van der Waals surface area contributed by atoms with Crippen molar-refractivity contribution in [2.24, 2.45) is 11.8 Å². The number of hydrogen-bond donors (Lipinski definition) is 5. The number of unbranched alkanes of at least 4 members (excludes halogenated alkanes) is 13. The first kappa shape index (κ1) is 60.8. The maximum absolute atomic E-state index is 12.4. The van der Waals surface area contributed by atoms with Crippen LogP contribution >= 0.6 is 64.8 Å². The first-order valence-corrected chi connectivity index (χ1v) is 30.1. The number of carboxylic acid groups (broad SMARTS) is 3. The van der Waals surface area contributed by atoms with Crippen LogP contribution in [-0.2, 0) is 52.5 Å². The number of nitrogens with one attached hydrogen (secondary N) is 2. The number of ether oxygens (including phenoxy) is 4. The summed E-state index contributed by atoms with van der Waals surface area (Å²) in [6.07, 6.45) is 17.3. The number of carbonyl (C=O) groups is 7. The molecule has 0 aliphatic carbocycles. The Labute approximate surface area is 416 Å². The standard InChI is InChI=1S/C44H74N2O14S6.H2/c47-35(17-12-10-8-6-4-2-1-3-5-7-9-11-13-20-40(51)52)31-34(41(53)54)21-22-38(49)46-24-26-58-28-29-59-32-36(48)18-16-25-57-27-30-60-33-39(50)45-23-15-14-19-37(42(55)56)43-61-63-44(64-62-43)65-66-44;/h34,37,43H,1-33H2,(H,45,50)(H,46,49)(H,51,52)(H,53,54)(H,55,56);1H/t34-,37+;/m1./s1. The number of hydrogen-bond acceptors (Lipinski definition) is 17. The van der Waals surface area contributed by atoms with Crippen LogP contribution in [0.3, 0.4) is 0 Å². The van der Waals surface area contributed by atoms with E-state index >= 15 is 0 Å². The number of rotatable bonds is 46. The Hall–Kier alpha value is -1.37. The molecule has 0 aromatic carbocycles. The van der Waals surface area contributed by atoms with E-state index in [2.05, 4.69) is 10.6 Å². The van der Waals surface area contributed by atoms with E-state index in [0.29, 0.717) is 51.7 Å². The van der Waals surface area contributed by atoms with E-state index < -0.39 is 29.7 Å². The molecule has 2 aliphatic rings. The molecule has 1 spiro atoms. The lowest BCUT2D eigenvalue weighted by molar-refractivity contribution is -0.144. The van der Waals surface area contributed by atoms with Gasteiger partial charge in [0.2, 0.25) is 11.8 Å². The van der Waals surface area contributed by atoms with Gasteiger partial charge in [-0.25, -0.2) is 0 Å². The molecule has 0 radical (unpaired) electrons. The minimum Gasteiger partial charge on any atom is -0.481 e. The van der Waals surface area contributed by atoms with Crippen LogP contribution in [0.15, 0.2) is 0 Å².